The van der Waals surface area contributed by atoms with Crippen LogP contribution in [0.4, 0.5) is 0 Å². The second kappa shape index (κ2) is 11.8. The van der Waals surface area contributed by atoms with Gasteiger partial charge in [-0.3, -0.25) is 19.2 Å². The van der Waals surface area contributed by atoms with Crippen molar-refractivity contribution < 1.29 is 27.6 Å². The Kier molecular flexibility index (Phi) is 8.53. The van der Waals surface area contributed by atoms with Gasteiger partial charge in [-0.2, -0.15) is 4.31 Å². The predicted molar refractivity (Wildman–Crippen MR) is 142 cm³/mol. The number of rotatable bonds is 10. The van der Waals surface area contributed by atoms with Gasteiger partial charge in [0.1, 0.15) is 5.78 Å². The predicted octanol–water partition coefficient (Wildman–Crippen LogP) is 0.175. The summed E-state index contributed by atoms with van der Waals surface area (Å²) in [6.45, 7) is -0.161. The van der Waals surface area contributed by atoms with Crippen LogP contribution in [0.1, 0.15) is 31.2 Å². The normalized spacial score (nSPS) is 19.4. The van der Waals surface area contributed by atoms with E-state index in [0.29, 0.717) is 6.42 Å². The third-order valence-electron chi connectivity index (χ3n) is 6.71. The first-order valence-electron chi connectivity index (χ1n) is 12.5. The van der Waals surface area contributed by atoms with Crippen molar-refractivity contribution in [1.29, 1.82) is 0 Å². The van der Waals surface area contributed by atoms with Crippen LogP contribution < -0.4 is 16.8 Å². The van der Waals surface area contributed by atoms with Crippen LogP contribution in [0.2, 0.25) is 0 Å². The van der Waals surface area contributed by atoms with E-state index in [1.807, 2.05) is 24.3 Å². The molecule has 1 aliphatic heterocycles. The number of sulfonamides is 1. The van der Waals surface area contributed by atoms with Gasteiger partial charge >= 0.3 is 0 Å². The van der Waals surface area contributed by atoms with E-state index >= 15 is 0 Å². The molecule has 39 heavy (non-hydrogen) atoms. The van der Waals surface area contributed by atoms with Crippen molar-refractivity contribution >= 4 is 44.3 Å². The Morgan fingerprint density at radius 2 is 1.87 bits per heavy atom. The number of benzene rings is 1. The number of primary amides is 1. The van der Waals surface area contributed by atoms with Gasteiger partial charge in [0.2, 0.25) is 11.8 Å². The Morgan fingerprint density at radius 3 is 2.59 bits per heavy atom. The number of pyridine rings is 1. The summed E-state index contributed by atoms with van der Waals surface area (Å²) in [6.07, 6.45) is 3.29. The molecule has 0 aliphatic carbocycles. The number of aromatic amines is 1. The van der Waals surface area contributed by atoms with Gasteiger partial charge in [-0.05, 0) is 43.0 Å². The highest BCUT2D eigenvalue weighted by Crippen LogP contribution is 2.23. The number of hydrogen-bond donors (Lipinski definition) is 4. The molecular formula is C26H30N6O6S. The summed E-state index contributed by atoms with van der Waals surface area (Å²) >= 11 is 0. The molecule has 0 spiro atoms. The van der Waals surface area contributed by atoms with Crippen LogP contribution >= 0.6 is 0 Å². The fraction of sp³-hybridized carbons (Fsp3) is 0.346. The molecule has 4 rings (SSSR count). The average molecular weight is 555 g/mol. The van der Waals surface area contributed by atoms with Crippen LogP contribution in [0.25, 0.3) is 10.9 Å². The van der Waals surface area contributed by atoms with E-state index in [1.54, 1.807) is 6.20 Å². The molecule has 206 valence electrons. The lowest BCUT2D eigenvalue weighted by Crippen LogP contribution is -2.56. The zero-order valence-corrected chi connectivity index (χ0v) is 21.9. The minimum absolute atomic E-state index is 0.0939. The largest absolute Gasteiger partial charge is 0.368 e. The summed E-state index contributed by atoms with van der Waals surface area (Å²) in [6, 6.07) is 8.11. The highest BCUT2D eigenvalue weighted by Gasteiger charge is 2.44. The van der Waals surface area contributed by atoms with Crippen LogP contribution in [-0.4, -0.2) is 70.7 Å². The van der Waals surface area contributed by atoms with Gasteiger partial charge in [0.05, 0.1) is 12.1 Å². The number of aromatic nitrogens is 2. The number of para-hydroxylation sites is 1. The number of nitrogens with zero attached hydrogens (tertiary/aromatic N) is 2. The average Bonchev–Trinajstić information content (AvgIpc) is 3.24. The first kappa shape index (κ1) is 28.1. The maximum Gasteiger partial charge on any atom is 0.261 e. The van der Waals surface area contributed by atoms with Gasteiger partial charge in [0, 0.05) is 42.7 Å². The van der Waals surface area contributed by atoms with Crippen molar-refractivity contribution in [1.82, 2.24) is 19.6 Å². The Hall–Kier alpha value is -3.94. The number of carbonyl (C=O) groups excluding carboxylic acids is 4. The molecule has 1 aliphatic rings. The molecule has 2 aromatic heterocycles. The van der Waals surface area contributed by atoms with Crippen LogP contribution in [-0.2, 0) is 35.6 Å². The van der Waals surface area contributed by atoms with Crippen LogP contribution in [0.3, 0.4) is 0 Å². The Labute approximate surface area is 225 Å². The fourth-order valence-corrected chi connectivity index (χ4v) is 6.24. The number of fused-ring (bicyclic) bond motifs is 1. The third kappa shape index (κ3) is 6.21. The van der Waals surface area contributed by atoms with Crippen molar-refractivity contribution in [2.45, 2.75) is 55.3 Å². The summed E-state index contributed by atoms with van der Waals surface area (Å²) in [4.78, 5) is 57.7. The number of nitrogens with two attached hydrogens (primary N) is 2. The Bertz CT molecular complexity index is 1490. The number of amides is 2. The summed E-state index contributed by atoms with van der Waals surface area (Å²) in [7, 11) is -4.30. The zero-order chi connectivity index (χ0) is 28.2. The summed E-state index contributed by atoms with van der Waals surface area (Å²) in [5, 5.41) is 3.18. The maximum absolute atomic E-state index is 13.2. The third-order valence-corrected chi connectivity index (χ3v) is 8.50. The first-order valence-corrected chi connectivity index (χ1v) is 13.9. The van der Waals surface area contributed by atoms with Gasteiger partial charge in [-0.15, -0.1) is 0 Å². The van der Waals surface area contributed by atoms with Crippen LogP contribution in [0.5, 0.6) is 0 Å². The summed E-state index contributed by atoms with van der Waals surface area (Å²) in [5.74, 6) is -2.90. The molecule has 0 radical (unpaired) electrons. The molecule has 3 aromatic rings. The maximum atomic E-state index is 13.2. The standard InChI is InChI=1S/C26H30N6O6S/c27-18(14-16-15-30-19-7-2-1-6-17(16)19)21(33)10-11-22(34)31-20-8-5-13-32(24(25(20)35)26(28)36)39(37,38)23-9-3-4-12-29-23/h1-4,6-7,9,12,15,18,20,24,30H,5,8,10-11,13-14,27H2,(H2,28,36)(H,31,34)/t18?,20-,24?/m0/s1. The van der Waals surface area contributed by atoms with Gasteiger partial charge in [0.25, 0.3) is 10.0 Å². The van der Waals surface area contributed by atoms with Crippen LogP contribution in [0, 0.1) is 0 Å². The SMILES string of the molecule is NC(=O)C1C(=O)[C@@H](NC(=O)CCC(=O)C(N)Cc2c[nH]c3ccccc23)CCCN1S(=O)(=O)c1ccccn1. The molecule has 3 atom stereocenters. The van der Waals surface area contributed by atoms with E-state index in [-0.39, 0.29) is 43.0 Å². The number of H-pyrrole nitrogens is 1. The number of nitrogens with one attached hydrogen (secondary N) is 2. The quantitative estimate of drug-likeness (QED) is 0.254. The van der Waals surface area contributed by atoms with E-state index in [2.05, 4.69) is 15.3 Å². The molecule has 1 aromatic carbocycles. The van der Waals surface area contributed by atoms with Crippen LogP contribution in [0.15, 0.2) is 59.9 Å². The highest BCUT2D eigenvalue weighted by molar-refractivity contribution is 7.89. The molecule has 2 amide bonds. The second-order valence-corrected chi connectivity index (χ2v) is 11.2. The summed E-state index contributed by atoms with van der Waals surface area (Å²) < 4.78 is 27.0. The molecule has 1 fully saturated rings. The monoisotopic (exact) mass is 554 g/mol. The van der Waals surface area contributed by atoms with Crippen molar-refractivity contribution in [3.63, 3.8) is 0 Å². The number of Topliss-reactive ketones (excluding diaryl/α,β-unsaturated/α-hetero) is 2. The minimum Gasteiger partial charge on any atom is -0.368 e. The summed E-state index contributed by atoms with van der Waals surface area (Å²) in [5.41, 5.74) is 13.4. The zero-order valence-electron chi connectivity index (χ0n) is 21.1. The lowest BCUT2D eigenvalue weighted by molar-refractivity contribution is -0.135. The van der Waals surface area contributed by atoms with Gasteiger partial charge in [-0.1, -0.05) is 24.3 Å². The molecule has 13 heteroatoms. The fourth-order valence-electron chi connectivity index (χ4n) is 4.70. The Balaban J connectivity index is 1.37. The minimum atomic E-state index is -4.30. The van der Waals surface area contributed by atoms with E-state index < -0.39 is 45.7 Å². The van der Waals surface area contributed by atoms with E-state index in [0.717, 1.165) is 20.8 Å². The smallest absolute Gasteiger partial charge is 0.261 e. The number of ketones is 2. The molecular weight excluding hydrogens is 524 g/mol. The molecule has 12 nitrogen and oxygen atoms in total. The molecule has 2 unspecified atom stereocenters. The molecule has 0 saturated carbocycles. The van der Waals surface area contributed by atoms with E-state index in [1.165, 1.54) is 24.4 Å². The van der Waals surface area contributed by atoms with Crippen molar-refractivity contribution in [3.8, 4) is 0 Å². The van der Waals surface area contributed by atoms with Crippen molar-refractivity contribution in [2.75, 3.05) is 6.54 Å². The second-order valence-electron chi connectivity index (χ2n) is 9.39. The van der Waals surface area contributed by atoms with E-state index in [4.69, 9.17) is 11.5 Å². The number of carbonyl (C=O) groups is 4. The molecule has 6 N–H and O–H groups in total. The topological polar surface area (TPSA) is 198 Å². The Morgan fingerprint density at radius 1 is 1.13 bits per heavy atom. The first-order chi connectivity index (χ1) is 18.6. The van der Waals surface area contributed by atoms with Gasteiger partial charge in [0.15, 0.2) is 16.9 Å². The van der Waals surface area contributed by atoms with E-state index in [9.17, 15) is 27.6 Å². The molecule has 0 bridgehead atoms. The molecule has 3 heterocycles. The number of hydrogen-bond acceptors (Lipinski definition) is 8. The van der Waals surface area contributed by atoms with Gasteiger partial charge < -0.3 is 21.8 Å². The lowest BCUT2D eigenvalue weighted by Gasteiger charge is -2.26. The highest BCUT2D eigenvalue weighted by atomic mass is 32.2. The van der Waals surface area contributed by atoms with Crippen molar-refractivity contribution in [2.24, 2.45) is 11.5 Å². The lowest BCUT2D eigenvalue weighted by atomic mass is 9.99. The molecule has 1 saturated heterocycles. The van der Waals surface area contributed by atoms with Crippen molar-refractivity contribution in [3.05, 3.63) is 60.4 Å². The van der Waals surface area contributed by atoms with Gasteiger partial charge in [-0.25, -0.2) is 13.4 Å².